The molecule has 1 aromatic carbocycles. The van der Waals surface area contributed by atoms with E-state index in [0.717, 1.165) is 11.1 Å². The Kier molecular flexibility index (Phi) is 3.49. The molecular weight excluding hydrogens is 245 g/mol. The van der Waals surface area contributed by atoms with Crippen molar-refractivity contribution in [1.82, 2.24) is 9.78 Å². The van der Waals surface area contributed by atoms with Crippen molar-refractivity contribution in [2.45, 2.75) is 13.1 Å². The lowest BCUT2D eigenvalue weighted by Gasteiger charge is -2.06. The van der Waals surface area contributed by atoms with Crippen molar-refractivity contribution < 1.29 is 0 Å². The second-order valence-electron chi connectivity index (χ2n) is 3.45. The summed E-state index contributed by atoms with van der Waals surface area (Å²) in [6.07, 6.45) is 3.63. The highest BCUT2D eigenvalue weighted by Gasteiger charge is 2.06. The van der Waals surface area contributed by atoms with Gasteiger partial charge in [-0.3, -0.25) is 4.68 Å². The Bertz CT molecular complexity index is 473. The molecule has 2 aromatic rings. The van der Waals surface area contributed by atoms with Gasteiger partial charge in [-0.2, -0.15) is 5.10 Å². The second-order valence-corrected chi connectivity index (χ2v) is 4.26. The minimum Gasteiger partial charge on any atom is -0.326 e. The average Bonchev–Trinajstić information content (AvgIpc) is 2.71. The molecule has 0 spiro atoms. The molecule has 84 valence electrons. The largest absolute Gasteiger partial charge is 0.326 e. The van der Waals surface area contributed by atoms with Gasteiger partial charge in [-0.25, -0.2) is 0 Å². The highest BCUT2D eigenvalue weighted by molar-refractivity contribution is 6.35. The van der Waals surface area contributed by atoms with Gasteiger partial charge in [0.1, 0.15) is 0 Å². The molecule has 16 heavy (non-hydrogen) atoms. The van der Waals surface area contributed by atoms with Crippen molar-refractivity contribution in [1.29, 1.82) is 0 Å². The van der Waals surface area contributed by atoms with Crippen LogP contribution in [0.1, 0.15) is 11.1 Å². The van der Waals surface area contributed by atoms with Gasteiger partial charge in [-0.05, 0) is 12.1 Å². The first-order valence-electron chi connectivity index (χ1n) is 4.85. The van der Waals surface area contributed by atoms with Gasteiger partial charge in [-0.15, -0.1) is 0 Å². The molecule has 0 aliphatic heterocycles. The molecule has 3 nitrogen and oxygen atoms in total. The molecule has 2 rings (SSSR count). The van der Waals surface area contributed by atoms with E-state index < -0.39 is 0 Å². The molecule has 0 fully saturated rings. The topological polar surface area (TPSA) is 43.8 Å². The molecule has 0 saturated carbocycles. The monoisotopic (exact) mass is 255 g/mol. The van der Waals surface area contributed by atoms with Gasteiger partial charge in [0.05, 0.1) is 12.7 Å². The van der Waals surface area contributed by atoms with E-state index in [2.05, 4.69) is 5.10 Å². The fraction of sp³-hybridized carbons (Fsp3) is 0.182. The van der Waals surface area contributed by atoms with Crippen LogP contribution in [0.15, 0.2) is 30.6 Å². The summed E-state index contributed by atoms with van der Waals surface area (Å²) in [5.74, 6) is 0. The van der Waals surface area contributed by atoms with E-state index in [4.69, 9.17) is 28.9 Å². The van der Waals surface area contributed by atoms with Crippen LogP contribution in [0.25, 0.3) is 0 Å². The van der Waals surface area contributed by atoms with Crippen molar-refractivity contribution >= 4 is 23.2 Å². The summed E-state index contributed by atoms with van der Waals surface area (Å²) < 4.78 is 1.77. The minimum absolute atomic E-state index is 0.482. The Labute approximate surface area is 104 Å². The zero-order valence-corrected chi connectivity index (χ0v) is 10.0. The fourth-order valence-electron chi connectivity index (χ4n) is 1.44. The van der Waals surface area contributed by atoms with Crippen molar-refractivity contribution in [3.63, 3.8) is 0 Å². The summed E-state index contributed by atoms with van der Waals surface area (Å²) in [5.41, 5.74) is 7.37. The summed E-state index contributed by atoms with van der Waals surface area (Å²) in [6.45, 7) is 1.04. The molecule has 0 radical (unpaired) electrons. The number of rotatable bonds is 3. The number of halogens is 2. The normalized spacial score (nSPS) is 10.7. The van der Waals surface area contributed by atoms with Crippen molar-refractivity contribution in [3.05, 3.63) is 51.8 Å². The van der Waals surface area contributed by atoms with Gasteiger partial charge < -0.3 is 5.73 Å². The maximum Gasteiger partial charge on any atom is 0.0688 e. The smallest absolute Gasteiger partial charge is 0.0688 e. The highest BCUT2D eigenvalue weighted by Crippen LogP contribution is 2.24. The number of hydrogen-bond donors (Lipinski definition) is 1. The van der Waals surface area contributed by atoms with E-state index in [-0.39, 0.29) is 0 Å². The summed E-state index contributed by atoms with van der Waals surface area (Å²) in [4.78, 5) is 0. The Morgan fingerprint density at radius 2 is 1.94 bits per heavy atom. The maximum absolute atomic E-state index is 6.07. The van der Waals surface area contributed by atoms with Gasteiger partial charge in [0.2, 0.25) is 0 Å². The second kappa shape index (κ2) is 4.87. The number of nitrogens with two attached hydrogens (primary N) is 1. The molecule has 0 bridgehead atoms. The quantitative estimate of drug-likeness (QED) is 0.917. The average molecular weight is 256 g/mol. The summed E-state index contributed by atoms with van der Waals surface area (Å²) in [5, 5.41) is 5.48. The first-order valence-corrected chi connectivity index (χ1v) is 5.60. The predicted molar refractivity (Wildman–Crippen MR) is 65.7 cm³/mol. The van der Waals surface area contributed by atoms with Gasteiger partial charge >= 0.3 is 0 Å². The fourth-order valence-corrected chi connectivity index (χ4v) is 1.96. The van der Waals surface area contributed by atoms with Crippen LogP contribution >= 0.6 is 23.2 Å². The lowest BCUT2D eigenvalue weighted by atomic mass is 10.2. The van der Waals surface area contributed by atoms with Crippen LogP contribution < -0.4 is 5.73 Å². The van der Waals surface area contributed by atoms with Crippen LogP contribution in [0.3, 0.4) is 0 Å². The van der Waals surface area contributed by atoms with Gasteiger partial charge in [0, 0.05) is 33.9 Å². The Morgan fingerprint density at radius 3 is 2.50 bits per heavy atom. The first-order chi connectivity index (χ1) is 7.70. The molecule has 0 aliphatic rings. The third-order valence-corrected chi connectivity index (χ3v) is 3.01. The van der Waals surface area contributed by atoms with E-state index >= 15 is 0 Å². The van der Waals surface area contributed by atoms with Crippen molar-refractivity contribution in [2.24, 2.45) is 5.73 Å². The molecule has 5 heteroatoms. The molecule has 0 unspecified atom stereocenters. The number of benzene rings is 1. The number of aromatic nitrogens is 2. The third-order valence-electron chi connectivity index (χ3n) is 2.30. The summed E-state index contributed by atoms with van der Waals surface area (Å²) >= 11 is 12.1. The lowest BCUT2D eigenvalue weighted by Crippen LogP contribution is -2.01. The molecule has 0 atom stereocenters. The number of hydrogen-bond acceptors (Lipinski definition) is 2. The standard InChI is InChI=1S/C11H11Cl2N3/c12-10-2-1-3-11(13)9(10)7-16-6-8(4-14)5-15-16/h1-3,5-6H,4,7,14H2. The molecule has 1 heterocycles. The zero-order chi connectivity index (χ0) is 11.5. The first kappa shape index (κ1) is 11.5. The molecule has 0 aliphatic carbocycles. The molecule has 1 aromatic heterocycles. The van der Waals surface area contributed by atoms with E-state index in [1.807, 2.05) is 24.4 Å². The summed E-state index contributed by atoms with van der Waals surface area (Å²) in [7, 11) is 0. The van der Waals surface area contributed by atoms with Crippen LogP contribution in [-0.4, -0.2) is 9.78 Å². The van der Waals surface area contributed by atoms with Crippen LogP contribution in [0, 0.1) is 0 Å². The molecule has 0 amide bonds. The van der Waals surface area contributed by atoms with E-state index in [1.54, 1.807) is 10.9 Å². The van der Waals surface area contributed by atoms with Gasteiger partial charge in [-0.1, -0.05) is 29.3 Å². The minimum atomic E-state index is 0.482. The van der Waals surface area contributed by atoms with Crippen LogP contribution in [0.4, 0.5) is 0 Å². The van der Waals surface area contributed by atoms with Gasteiger partial charge in [0.15, 0.2) is 0 Å². The lowest BCUT2D eigenvalue weighted by molar-refractivity contribution is 0.686. The van der Waals surface area contributed by atoms with Crippen molar-refractivity contribution in [3.8, 4) is 0 Å². The molecule has 2 N–H and O–H groups in total. The van der Waals surface area contributed by atoms with Crippen LogP contribution in [-0.2, 0) is 13.1 Å². The number of nitrogens with zero attached hydrogens (tertiary/aromatic N) is 2. The summed E-state index contributed by atoms with van der Waals surface area (Å²) in [6, 6.07) is 5.45. The Hall–Kier alpha value is -1.03. The maximum atomic E-state index is 6.07. The van der Waals surface area contributed by atoms with E-state index in [0.29, 0.717) is 23.1 Å². The van der Waals surface area contributed by atoms with Crippen molar-refractivity contribution in [2.75, 3.05) is 0 Å². The van der Waals surface area contributed by atoms with Crippen LogP contribution in [0.5, 0.6) is 0 Å². The van der Waals surface area contributed by atoms with Crippen LogP contribution in [0.2, 0.25) is 10.0 Å². The Morgan fingerprint density at radius 1 is 1.25 bits per heavy atom. The highest BCUT2D eigenvalue weighted by atomic mass is 35.5. The predicted octanol–water partition coefficient (Wildman–Crippen LogP) is 2.70. The third kappa shape index (κ3) is 2.38. The molecule has 0 saturated heterocycles. The van der Waals surface area contributed by atoms with E-state index in [9.17, 15) is 0 Å². The molecular formula is C11H11Cl2N3. The zero-order valence-electron chi connectivity index (χ0n) is 8.53. The Balaban J connectivity index is 2.26. The van der Waals surface area contributed by atoms with Gasteiger partial charge in [0.25, 0.3) is 0 Å². The SMILES string of the molecule is NCc1cnn(Cc2c(Cl)cccc2Cl)c1. The van der Waals surface area contributed by atoms with E-state index in [1.165, 1.54) is 0 Å².